The molecule has 2 N–H and O–H groups in total. The van der Waals surface area contributed by atoms with Gasteiger partial charge in [0, 0.05) is 11.9 Å². The molecule has 1 unspecified atom stereocenters. The van der Waals surface area contributed by atoms with Gasteiger partial charge in [-0.1, -0.05) is 0 Å². The highest BCUT2D eigenvalue weighted by Crippen LogP contribution is 2.45. The van der Waals surface area contributed by atoms with Crippen molar-refractivity contribution in [3.05, 3.63) is 21.9 Å². The molecule has 1 aromatic heterocycles. The number of hydrogen-bond acceptors (Lipinski definition) is 3. The van der Waals surface area contributed by atoms with E-state index in [1.807, 2.05) is 11.4 Å². The summed E-state index contributed by atoms with van der Waals surface area (Å²) in [7, 11) is 1.30. The third kappa shape index (κ3) is 1.07. The molecule has 4 nitrogen and oxygen atoms in total. The molecule has 2 rings (SSSR count). The number of hydroxylamine groups is 2. The van der Waals surface area contributed by atoms with Crippen LogP contribution in [0.25, 0.3) is 0 Å². The normalized spacial score (nSPS) is 18.3. The molecule has 12 heavy (non-hydrogen) atoms. The van der Waals surface area contributed by atoms with Crippen LogP contribution in [0.5, 0.6) is 0 Å². The van der Waals surface area contributed by atoms with Gasteiger partial charge in [-0.15, -0.1) is 11.3 Å². The van der Waals surface area contributed by atoms with E-state index in [-0.39, 0.29) is 6.04 Å². The third-order valence-corrected chi connectivity index (χ3v) is 2.78. The molecule has 0 radical (unpaired) electrons. The lowest BCUT2D eigenvalue weighted by molar-refractivity contribution is -0.0185. The maximum atomic E-state index is 10.9. The lowest BCUT2D eigenvalue weighted by atomic mass is 10.5. The molecule has 0 saturated carbocycles. The van der Waals surface area contributed by atoms with E-state index in [0.29, 0.717) is 5.06 Å². The molecule has 0 saturated heterocycles. The van der Waals surface area contributed by atoms with Gasteiger partial charge in [0.2, 0.25) is 0 Å². The first-order chi connectivity index (χ1) is 5.70. The van der Waals surface area contributed by atoms with Crippen LogP contribution in [0.4, 0.5) is 4.79 Å². The number of nitrogens with zero attached hydrogens (tertiary/aromatic N) is 1. The van der Waals surface area contributed by atoms with Crippen molar-refractivity contribution in [3.63, 3.8) is 0 Å². The monoisotopic (exact) mass is 184 g/mol. The third-order valence-electron chi connectivity index (χ3n) is 1.78. The topological polar surface area (TPSA) is 52.6 Å². The van der Waals surface area contributed by atoms with E-state index < -0.39 is 6.03 Å². The Morgan fingerprint density at radius 2 is 2.58 bits per heavy atom. The first-order valence-electron chi connectivity index (χ1n) is 3.50. The lowest BCUT2D eigenvalue weighted by Gasteiger charge is -2.08. The fourth-order valence-electron chi connectivity index (χ4n) is 1.07. The summed E-state index contributed by atoms with van der Waals surface area (Å²) in [4.78, 5) is 12.1. The van der Waals surface area contributed by atoms with Crippen molar-refractivity contribution in [2.45, 2.75) is 6.04 Å². The molecule has 64 valence electrons. The molecule has 1 aromatic rings. The van der Waals surface area contributed by atoms with Crippen LogP contribution in [0, 0.1) is 0 Å². The number of carbonyl (C=O) groups is 1. The van der Waals surface area contributed by atoms with Crippen molar-refractivity contribution in [1.29, 1.82) is 0 Å². The molecule has 0 spiro atoms. The predicted octanol–water partition coefficient (Wildman–Crippen LogP) is 1.18. The smallest absolute Gasteiger partial charge is 0.324 e. The van der Waals surface area contributed by atoms with Gasteiger partial charge in [0.05, 0.1) is 6.04 Å². The highest BCUT2D eigenvalue weighted by atomic mass is 32.1. The average Bonchev–Trinajstić information content (AvgIpc) is 2.46. The van der Waals surface area contributed by atoms with Gasteiger partial charge in [0.1, 0.15) is 0 Å². The first-order valence-corrected chi connectivity index (χ1v) is 4.38. The van der Waals surface area contributed by atoms with Gasteiger partial charge in [-0.05, 0) is 17.0 Å². The summed E-state index contributed by atoms with van der Waals surface area (Å²) in [5.41, 5.74) is 1.16. The van der Waals surface area contributed by atoms with Crippen LogP contribution in [0.1, 0.15) is 16.5 Å². The fourth-order valence-corrected chi connectivity index (χ4v) is 2.02. The number of carbonyl (C=O) groups excluding carboxylic acids is 1. The largest absolute Gasteiger partial charge is 0.341 e. The Hall–Kier alpha value is -1.07. The van der Waals surface area contributed by atoms with Gasteiger partial charge in [0.15, 0.2) is 0 Å². The Morgan fingerprint density at radius 1 is 1.83 bits per heavy atom. The fraction of sp³-hybridized carbons (Fsp3) is 0.286. The minimum Gasteiger partial charge on any atom is -0.324 e. The molecule has 1 aliphatic carbocycles. The van der Waals surface area contributed by atoms with Crippen LogP contribution in [0.2, 0.25) is 0 Å². The second kappa shape index (κ2) is 2.46. The van der Waals surface area contributed by atoms with Crippen molar-refractivity contribution in [3.8, 4) is 0 Å². The maximum Gasteiger partial charge on any atom is 0.341 e. The first kappa shape index (κ1) is 7.57. The Balaban J connectivity index is 1.92. The van der Waals surface area contributed by atoms with E-state index in [1.165, 1.54) is 11.9 Å². The van der Waals surface area contributed by atoms with Gasteiger partial charge in [-0.3, -0.25) is 5.21 Å². The number of amides is 2. The second-order valence-electron chi connectivity index (χ2n) is 2.65. The molecule has 2 amide bonds. The van der Waals surface area contributed by atoms with E-state index in [0.717, 1.165) is 5.56 Å². The van der Waals surface area contributed by atoms with Crippen LogP contribution < -0.4 is 5.32 Å². The molecule has 1 heterocycles. The van der Waals surface area contributed by atoms with E-state index in [2.05, 4.69) is 5.32 Å². The maximum absolute atomic E-state index is 10.9. The zero-order valence-electron chi connectivity index (χ0n) is 6.44. The molecule has 0 bridgehead atoms. The number of nitrogens with one attached hydrogen (secondary N) is 1. The molecule has 0 fully saturated rings. The summed E-state index contributed by atoms with van der Waals surface area (Å²) < 4.78 is 0. The molecule has 0 aromatic carbocycles. The number of urea groups is 1. The van der Waals surface area contributed by atoms with Gasteiger partial charge in [0.25, 0.3) is 0 Å². The van der Waals surface area contributed by atoms with Crippen molar-refractivity contribution < 1.29 is 10.0 Å². The summed E-state index contributed by atoms with van der Waals surface area (Å²) in [5.74, 6) is 0. The SMILES string of the molecule is CN(O)C(=O)NC1c2ccsc21. The Kier molecular flexibility index (Phi) is 1.55. The number of fused-ring (bicyclic) bond motifs is 1. The number of rotatable bonds is 1. The summed E-state index contributed by atoms with van der Waals surface area (Å²) in [6, 6.07) is 1.56. The molecule has 1 atom stereocenters. The highest BCUT2D eigenvalue weighted by molar-refractivity contribution is 7.11. The summed E-state index contributed by atoms with van der Waals surface area (Å²) in [6.45, 7) is 0. The summed E-state index contributed by atoms with van der Waals surface area (Å²) >= 11 is 1.62. The Labute approximate surface area is 73.4 Å². The predicted molar refractivity (Wildman–Crippen MR) is 44.2 cm³/mol. The van der Waals surface area contributed by atoms with E-state index in [1.54, 1.807) is 11.3 Å². The number of thiophene rings is 1. The summed E-state index contributed by atoms with van der Waals surface area (Å²) in [6.07, 6.45) is 0. The van der Waals surface area contributed by atoms with Crippen molar-refractivity contribution in [1.82, 2.24) is 10.4 Å². The van der Waals surface area contributed by atoms with Crippen LogP contribution in [-0.4, -0.2) is 23.3 Å². The Morgan fingerprint density at radius 3 is 3.08 bits per heavy atom. The van der Waals surface area contributed by atoms with Crippen LogP contribution in [0.3, 0.4) is 0 Å². The quantitative estimate of drug-likeness (QED) is 0.508. The van der Waals surface area contributed by atoms with Crippen LogP contribution in [0.15, 0.2) is 11.4 Å². The zero-order chi connectivity index (χ0) is 8.72. The molecule has 0 aliphatic heterocycles. The van der Waals surface area contributed by atoms with Gasteiger partial charge in [-0.25, -0.2) is 9.86 Å². The van der Waals surface area contributed by atoms with Gasteiger partial charge >= 0.3 is 6.03 Å². The molecular formula is C7H8N2O2S. The highest BCUT2D eigenvalue weighted by Gasteiger charge is 2.35. The zero-order valence-corrected chi connectivity index (χ0v) is 7.26. The van der Waals surface area contributed by atoms with Crippen LogP contribution >= 0.6 is 11.3 Å². The van der Waals surface area contributed by atoms with Gasteiger partial charge < -0.3 is 5.32 Å². The minimum atomic E-state index is -0.469. The molecular weight excluding hydrogens is 176 g/mol. The molecule has 1 aliphatic rings. The lowest BCUT2D eigenvalue weighted by Crippen LogP contribution is -2.34. The second-order valence-corrected chi connectivity index (χ2v) is 3.59. The number of hydrogen-bond donors (Lipinski definition) is 2. The van der Waals surface area contributed by atoms with Crippen molar-refractivity contribution in [2.75, 3.05) is 7.05 Å². The van der Waals surface area contributed by atoms with Crippen molar-refractivity contribution >= 4 is 17.4 Å². The molecule has 5 heteroatoms. The van der Waals surface area contributed by atoms with Crippen LogP contribution in [-0.2, 0) is 0 Å². The van der Waals surface area contributed by atoms with E-state index in [9.17, 15) is 4.79 Å². The minimum absolute atomic E-state index is 0.0575. The standard InChI is InChI=1S/C7H8N2O2S/c1-9(11)7(10)8-5-4-2-3-12-6(4)5/h2-3,5,11H,1H3,(H,8,10). The van der Waals surface area contributed by atoms with E-state index >= 15 is 0 Å². The average molecular weight is 184 g/mol. The van der Waals surface area contributed by atoms with Crippen molar-refractivity contribution in [2.24, 2.45) is 0 Å². The Bertz CT molecular complexity index is 302. The van der Waals surface area contributed by atoms with E-state index in [4.69, 9.17) is 5.21 Å². The van der Waals surface area contributed by atoms with Gasteiger partial charge in [-0.2, -0.15) is 0 Å². The summed E-state index contributed by atoms with van der Waals surface area (Å²) in [5, 5.41) is 13.9.